The van der Waals surface area contributed by atoms with E-state index in [9.17, 15) is 9.59 Å². The highest BCUT2D eigenvalue weighted by atomic mass is 16.2. The lowest BCUT2D eigenvalue weighted by Gasteiger charge is -2.04. The van der Waals surface area contributed by atoms with Crippen molar-refractivity contribution in [3.63, 3.8) is 0 Å². The Bertz CT molecular complexity index is 405. The molecule has 0 aliphatic rings. The van der Waals surface area contributed by atoms with Crippen LogP contribution in [-0.2, 0) is 4.79 Å². The van der Waals surface area contributed by atoms with Gasteiger partial charge in [0.2, 0.25) is 5.91 Å². The van der Waals surface area contributed by atoms with Crippen molar-refractivity contribution in [1.29, 1.82) is 0 Å². The molecule has 0 radical (unpaired) electrons. The molecule has 0 fully saturated rings. The van der Waals surface area contributed by atoms with Gasteiger partial charge in [0.1, 0.15) is 0 Å². The lowest BCUT2D eigenvalue weighted by atomic mass is 10.2. The van der Waals surface area contributed by atoms with Gasteiger partial charge in [0.05, 0.1) is 0 Å². The van der Waals surface area contributed by atoms with Crippen LogP contribution in [-0.4, -0.2) is 28.6 Å². The number of anilines is 1. The van der Waals surface area contributed by atoms with E-state index in [2.05, 4.69) is 20.9 Å². The van der Waals surface area contributed by atoms with Crippen LogP contribution in [0.1, 0.15) is 29.8 Å². The first kappa shape index (κ1) is 13.8. The molecule has 1 rings (SSSR count). The van der Waals surface area contributed by atoms with Crippen LogP contribution in [0, 0.1) is 0 Å². The van der Waals surface area contributed by atoms with Crippen LogP contribution < -0.4 is 22.3 Å². The zero-order chi connectivity index (χ0) is 13.4. The number of nitrogens with one attached hydrogen (secondary N) is 2. The molecule has 6 N–H and O–H groups in total. The molecule has 1 heterocycles. The van der Waals surface area contributed by atoms with Gasteiger partial charge in [0.15, 0.2) is 11.5 Å². The average Bonchev–Trinajstić information content (AvgIpc) is 2.38. The number of hydrazine groups is 1. The quantitative estimate of drug-likeness (QED) is 0.283. The Balaban J connectivity index is 2.29. The highest BCUT2D eigenvalue weighted by Gasteiger charge is 2.07. The Labute approximate surface area is 104 Å². The van der Waals surface area contributed by atoms with Gasteiger partial charge in [-0.2, -0.15) is 0 Å². The standard InChI is InChI=1S/C10H16N6O2/c11-8(17)3-1-2-6-13-10(18)7-4-5-9(14-12)16-15-7/h4-5H,1-3,6,12H2,(H2,11,17)(H,13,18)(H,14,16). The molecule has 18 heavy (non-hydrogen) atoms. The van der Waals surface area contributed by atoms with Gasteiger partial charge in [-0.1, -0.05) is 0 Å². The number of nitrogens with two attached hydrogens (primary N) is 2. The molecule has 8 heteroatoms. The molecular weight excluding hydrogens is 236 g/mol. The first-order chi connectivity index (χ1) is 8.63. The first-order valence-electron chi connectivity index (χ1n) is 5.50. The summed E-state index contributed by atoms with van der Waals surface area (Å²) in [6, 6.07) is 3.07. The summed E-state index contributed by atoms with van der Waals surface area (Å²) in [6.45, 7) is 0.463. The van der Waals surface area contributed by atoms with Crippen molar-refractivity contribution in [2.45, 2.75) is 19.3 Å². The SMILES string of the molecule is NNc1ccc(C(=O)NCCCCC(N)=O)nn1. The molecule has 0 aromatic carbocycles. The molecule has 0 spiro atoms. The van der Waals surface area contributed by atoms with E-state index in [0.717, 1.165) is 0 Å². The molecule has 8 nitrogen and oxygen atoms in total. The van der Waals surface area contributed by atoms with Crippen LogP contribution in [0.5, 0.6) is 0 Å². The summed E-state index contributed by atoms with van der Waals surface area (Å²) in [5.41, 5.74) is 7.52. The largest absolute Gasteiger partial charge is 0.370 e. The van der Waals surface area contributed by atoms with E-state index in [1.54, 1.807) is 6.07 Å². The molecule has 1 aromatic rings. The highest BCUT2D eigenvalue weighted by Crippen LogP contribution is 2.00. The second-order valence-electron chi connectivity index (χ2n) is 3.63. The van der Waals surface area contributed by atoms with Gasteiger partial charge in [-0.15, -0.1) is 10.2 Å². The van der Waals surface area contributed by atoms with Crippen molar-refractivity contribution in [3.8, 4) is 0 Å². The molecular formula is C10H16N6O2. The number of rotatable bonds is 7. The number of primary amides is 1. The van der Waals surface area contributed by atoms with Crippen molar-refractivity contribution in [1.82, 2.24) is 15.5 Å². The molecule has 0 aliphatic heterocycles. The Morgan fingerprint density at radius 2 is 2.00 bits per heavy atom. The van der Waals surface area contributed by atoms with Crippen molar-refractivity contribution < 1.29 is 9.59 Å². The first-order valence-corrected chi connectivity index (χ1v) is 5.50. The maximum Gasteiger partial charge on any atom is 0.271 e. The Hall–Kier alpha value is -2.22. The summed E-state index contributed by atoms with van der Waals surface area (Å²) < 4.78 is 0. The number of hydrogen-bond acceptors (Lipinski definition) is 6. The van der Waals surface area contributed by atoms with Crippen molar-refractivity contribution >= 4 is 17.6 Å². The fourth-order valence-corrected chi connectivity index (χ4v) is 1.25. The molecule has 1 aromatic heterocycles. The van der Waals surface area contributed by atoms with Crippen LogP contribution in [0.25, 0.3) is 0 Å². The number of amides is 2. The number of carbonyl (C=O) groups excluding carboxylic acids is 2. The third-order valence-electron chi connectivity index (χ3n) is 2.18. The predicted molar refractivity (Wildman–Crippen MR) is 65.2 cm³/mol. The number of carbonyl (C=O) groups is 2. The van der Waals surface area contributed by atoms with E-state index >= 15 is 0 Å². The monoisotopic (exact) mass is 252 g/mol. The van der Waals surface area contributed by atoms with Gasteiger partial charge in [0, 0.05) is 13.0 Å². The van der Waals surface area contributed by atoms with Crippen molar-refractivity contribution in [2.75, 3.05) is 12.0 Å². The maximum atomic E-state index is 11.6. The Morgan fingerprint density at radius 1 is 1.22 bits per heavy atom. The van der Waals surface area contributed by atoms with Gasteiger partial charge in [-0.25, -0.2) is 5.84 Å². The fraction of sp³-hybridized carbons (Fsp3) is 0.400. The van der Waals surface area contributed by atoms with Crippen LogP contribution in [0.4, 0.5) is 5.82 Å². The van der Waals surface area contributed by atoms with E-state index in [0.29, 0.717) is 31.6 Å². The molecule has 2 amide bonds. The summed E-state index contributed by atoms with van der Waals surface area (Å²) in [5.74, 6) is 4.85. The van der Waals surface area contributed by atoms with E-state index in [4.69, 9.17) is 11.6 Å². The normalized spacial score (nSPS) is 9.83. The molecule has 0 unspecified atom stereocenters. The summed E-state index contributed by atoms with van der Waals surface area (Å²) in [5, 5.41) is 10.0. The van der Waals surface area contributed by atoms with Crippen LogP contribution in [0.15, 0.2) is 12.1 Å². The zero-order valence-corrected chi connectivity index (χ0v) is 9.85. The average molecular weight is 252 g/mol. The Kier molecular flexibility index (Phi) is 5.52. The summed E-state index contributed by atoms with van der Waals surface area (Å²) in [6.07, 6.45) is 1.66. The van der Waals surface area contributed by atoms with Gasteiger partial charge in [-0.05, 0) is 25.0 Å². The van der Waals surface area contributed by atoms with Gasteiger partial charge in [-0.3, -0.25) is 9.59 Å². The minimum atomic E-state index is -0.336. The van der Waals surface area contributed by atoms with E-state index < -0.39 is 0 Å². The third-order valence-corrected chi connectivity index (χ3v) is 2.18. The topological polar surface area (TPSA) is 136 Å². The summed E-state index contributed by atoms with van der Waals surface area (Å²) in [4.78, 5) is 22.1. The summed E-state index contributed by atoms with van der Waals surface area (Å²) >= 11 is 0. The molecule has 0 aliphatic carbocycles. The minimum absolute atomic E-state index is 0.212. The van der Waals surface area contributed by atoms with Gasteiger partial charge in [0.25, 0.3) is 5.91 Å². The smallest absolute Gasteiger partial charge is 0.271 e. The minimum Gasteiger partial charge on any atom is -0.370 e. The number of nitrogen functional groups attached to an aromatic ring is 1. The van der Waals surface area contributed by atoms with Crippen molar-refractivity contribution in [3.05, 3.63) is 17.8 Å². The fourth-order valence-electron chi connectivity index (χ4n) is 1.25. The van der Waals surface area contributed by atoms with E-state index in [1.807, 2.05) is 0 Å². The number of aromatic nitrogens is 2. The lowest BCUT2D eigenvalue weighted by molar-refractivity contribution is -0.118. The molecule has 0 saturated carbocycles. The van der Waals surface area contributed by atoms with E-state index in [1.165, 1.54) is 6.07 Å². The maximum absolute atomic E-state index is 11.6. The second kappa shape index (κ2) is 7.17. The lowest BCUT2D eigenvalue weighted by Crippen LogP contribution is -2.26. The Morgan fingerprint density at radius 3 is 2.56 bits per heavy atom. The van der Waals surface area contributed by atoms with Gasteiger partial charge >= 0.3 is 0 Å². The van der Waals surface area contributed by atoms with Crippen LogP contribution >= 0.6 is 0 Å². The molecule has 98 valence electrons. The van der Waals surface area contributed by atoms with Crippen LogP contribution in [0.3, 0.4) is 0 Å². The second-order valence-corrected chi connectivity index (χ2v) is 3.63. The predicted octanol–water partition coefficient (Wildman–Crippen LogP) is -0.852. The number of hydrogen-bond donors (Lipinski definition) is 4. The number of nitrogens with zero attached hydrogens (tertiary/aromatic N) is 2. The summed E-state index contributed by atoms with van der Waals surface area (Å²) in [7, 11) is 0. The number of unbranched alkanes of at least 4 members (excludes halogenated alkanes) is 1. The molecule has 0 saturated heterocycles. The molecule has 0 bridgehead atoms. The van der Waals surface area contributed by atoms with Gasteiger partial charge < -0.3 is 16.5 Å². The highest BCUT2D eigenvalue weighted by molar-refractivity contribution is 5.92. The third kappa shape index (κ3) is 4.74. The van der Waals surface area contributed by atoms with Crippen molar-refractivity contribution in [2.24, 2.45) is 11.6 Å². The van der Waals surface area contributed by atoms with E-state index in [-0.39, 0.29) is 17.5 Å². The zero-order valence-electron chi connectivity index (χ0n) is 9.85. The molecule has 0 atom stereocenters. The van der Waals surface area contributed by atoms with Crippen LogP contribution in [0.2, 0.25) is 0 Å².